The maximum Gasteiger partial charge on any atom is 0.243 e. The third-order valence-electron chi connectivity index (χ3n) is 4.60. The van der Waals surface area contributed by atoms with Crippen LogP contribution in [0.1, 0.15) is 0 Å². The minimum atomic E-state index is -3.55. The number of sulfonamides is 1. The van der Waals surface area contributed by atoms with Crippen molar-refractivity contribution in [3.05, 3.63) is 65.9 Å². The molecule has 1 aliphatic heterocycles. The van der Waals surface area contributed by atoms with Crippen LogP contribution < -0.4 is 4.90 Å². The Bertz CT molecular complexity index is 1050. The Morgan fingerprint density at radius 3 is 2.39 bits per heavy atom. The number of hydrogen-bond acceptors (Lipinski definition) is 6. The van der Waals surface area contributed by atoms with E-state index in [2.05, 4.69) is 15.2 Å². The molecule has 1 aromatic carbocycles. The van der Waals surface area contributed by atoms with Crippen molar-refractivity contribution in [2.24, 2.45) is 0 Å². The molecule has 0 atom stereocenters. The largest absolute Gasteiger partial charge is 0.352 e. The number of anilines is 1. The fourth-order valence-electron chi connectivity index (χ4n) is 3.10. The molecule has 9 heteroatoms. The first kappa shape index (κ1) is 18.8. The van der Waals surface area contributed by atoms with Crippen LogP contribution in [0.2, 0.25) is 5.02 Å². The van der Waals surface area contributed by atoms with Crippen LogP contribution in [-0.4, -0.2) is 54.1 Å². The molecule has 1 aliphatic rings. The van der Waals surface area contributed by atoms with Gasteiger partial charge in [-0.1, -0.05) is 17.7 Å². The van der Waals surface area contributed by atoms with Gasteiger partial charge in [-0.15, -0.1) is 10.2 Å². The summed E-state index contributed by atoms with van der Waals surface area (Å²) in [6.07, 6.45) is 3.45. The molecule has 0 spiro atoms. The summed E-state index contributed by atoms with van der Waals surface area (Å²) in [5.74, 6) is 0.729. The number of pyridine rings is 1. The van der Waals surface area contributed by atoms with E-state index in [1.54, 1.807) is 30.6 Å². The molecule has 3 heterocycles. The minimum absolute atomic E-state index is 0.217. The lowest BCUT2D eigenvalue weighted by molar-refractivity contribution is 0.383. The highest BCUT2D eigenvalue weighted by atomic mass is 35.5. The van der Waals surface area contributed by atoms with Gasteiger partial charge in [0.05, 0.1) is 10.6 Å². The van der Waals surface area contributed by atoms with Crippen LogP contribution in [0.15, 0.2) is 65.8 Å². The fourth-order valence-corrected chi connectivity index (χ4v) is 4.82. The SMILES string of the molecule is O=S(=O)(c1cccc(Cl)c1)N1CCN(c2ccc(-c3cccnc3)nn2)CC1. The standard InChI is InChI=1S/C19H18ClN5O2S/c20-16-4-1-5-17(13-16)28(26,27)25-11-9-24(10-12-25)19-7-6-18(22-23-19)15-3-2-8-21-14-15/h1-8,13-14H,9-12H2. The van der Waals surface area contributed by atoms with Crippen LogP contribution in [0.3, 0.4) is 0 Å². The number of aromatic nitrogens is 3. The summed E-state index contributed by atoms with van der Waals surface area (Å²) in [7, 11) is -3.55. The first-order valence-electron chi connectivity index (χ1n) is 8.79. The number of halogens is 1. The van der Waals surface area contributed by atoms with Gasteiger partial charge in [0, 0.05) is 49.2 Å². The second kappa shape index (κ2) is 7.83. The van der Waals surface area contributed by atoms with E-state index in [0.717, 1.165) is 17.1 Å². The summed E-state index contributed by atoms with van der Waals surface area (Å²) in [6.45, 7) is 1.84. The van der Waals surface area contributed by atoms with E-state index in [-0.39, 0.29) is 4.90 Å². The first-order chi connectivity index (χ1) is 13.5. The van der Waals surface area contributed by atoms with Crippen molar-refractivity contribution in [2.75, 3.05) is 31.1 Å². The average Bonchev–Trinajstić information content (AvgIpc) is 2.75. The predicted octanol–water partition coefficient (Wildman–Crippen LogP) is 2.70. The average molecular weight is 416 g/mol. The summed E-state index contributed by atoms with van der Waals surface area (Å²) in [5.41, 5.74) is 1.65. The van der Waals surface area contributed by atoms with E-state index in [9.17, 15) is 8.42 Å². The van der Waals surface area contributed by atoms with Crippen molar-refractivity contribution in [3.8, 4) is 11.3 Å². The third kappa shape index (κ3) is 3.84. The second-order valence-corrected chi connectivity index (χ2v) is 8.74. The highest BCUT2D eigenvalue weighted by molar-refractivity contribution is 7.89. The van der Waals surface area contributed by atoms with Gasteiger partial charge < -0.3 is 4.90 Å². The van der Waals surface area contributed by atoms with Crippen molar-refractivity contribution < 1.29 is 8.42 Å². The van der Waals surface area contributed by atoms with E-state index in [1.807, 2.05) is 29.2 Å². The zero-order valence-corrected chi connectivity index (χ0v) is 16.5. The Morgan fingerprint density at radius 1 is 0.929 bits per heavy atom. The lowest BCUT2D eigenvalue weighted by Gasteiger charge is -2.34. The topological polar surface area (TPSA) is 79.3 Å². The van der Waals surface area contributed by atoms with Crippen LogP contribution in [0.5, 0.6) is 0 Å². The van der Waals surface area contributed by atoms with E-state index >= 15 is 0 Å². The Hall–Kier alpha value is -2.55. The van der Waals surface area contributed by atoms with E-state index in [4.69, 9.17) is 11.6 Å². The van der Waals surface area contributed by atoms with Crippen molar-refractivity contribution in [2.45, 2.75) is 4.90 Å². The summed E-state index contributed by atoms with van der Waals surface area (Å²) < 4.78 is 27.1. The predicted molar refractivity (Wildman–Crippen MR) is 108 cm³/mol. The number of rotatable bonds is 4. The Labute approximate surface area is 168 Å². The zero-order valence-electron chi connectivity index (χ0n) is 14.9. The maximum absolute atomic E-state index is 12.8. The molecule has 0 amide bonds. The highest BCUT2D eigenvalue weighted by Gasteiger charge is 2.29. The third-order valence-corrected chi connectivity index (χ3v) is 6.73. The molecule has 0 saturated carbocycles. The van der Waals surface area contributed by atoms with E-state index in [0.29, 0.717) is 31.2 Å². The molecule has 0 N–H and O–H groups in total. The van der Waals surface area contributed by atoms with Gasteiger partial charge in [0.25, 0.3) is 0 Å². The Morgan fingerprint density at radius 2 is 1.75 bits per heavy atom. The highest BCUT2D eigenvalue weighted by Crippen LogP contribution is 2.23. The monoisotopic (exact) mass is 415 g/mol. The molecule has 7 nitrogen and oxygen atoms in total. The van der Waals surface area contributed by atoms with Gasteiger partial charge in [-0.2, -0.15) is 4.31 Å². The molecule has 4 rings (SSSR count). The number of benzene rings is 1. The second-order valence-electron chi connectivity index (χ2n) is 6.37. The van der Waals surface area contributed by atoms with Crippen LogP contribution in [0, 0.1) is 0 Å². The van der Waals surface area contributed by atoms with E-state index < -0.39 is 10.0 Å². The number of hydrogen-bond donors (Lipinski definition) is 0. The molecule has 2 aromatic heterocycles. The van der Waals surface area contributed by atoms with Crippen molar-refractivity contribution in [3.63, 3.8) is 0 Å². The lowest BCUT2D eigenvalue weighted by atomic mass is 10.2. The summed E-state index contributed by atoms with van der Waals surface area (Å²) in [6, 6.07) is 13.9. The summed E-state index contributed by atoms with van der Waals surface area (Å²) in [5, 5.41) is 8.98. The molecular weight excluding hydrogens is 398 g/mol. The maximum atomic E-state index is 12.8. The Kier molecular flexibility index (Phi) is 5.25. The lowest BCUT2D eigenvalue weighted by Crippen LogP contribution is -2.49. The normalized spacial score (nSPS) is 15.5. The van der Waals surface area contributed by atoms with E-state index in [1.165, 1.54) is 10.4 Å². The van der Waals surface area contributed by atoms with Crippen LogP contribution in [0.25, 0.3) is 11.3 Å². The first-order valence-corrected chi connectivity index (χ1v) is 10.6. The zero-order chi connectivity index (χ0) is 19.6. The molecular formula is C19H18ClN5O2S. The molecule has 144 valence electrons. The smallest absolute Gasteiger partial charge is 0.243 e. The molecule has 1 saturated heterocycles. The summed E-state index contributed by atoms with van der Waals surface area (Å²) >= 11 is 5.94. The van der Waals surface area contributed by atoms with Gasteiger partial charge >= 0.3 is 0 Å². The van der Waals surface area contributed by atoms with Crippen molar-refractivity contribution >= 4 is 27.4 Å². The molecule has 0 radical (unpaired) electrons. The molecule has 1 fully saturated rings. The van der Waals surface area contributed by atoms with Gasteiger partial charge in [0.1, 0.15) is 0 Å². The molecule has 3 aromatic rings. The van der Waals surface area contributed by atoms with Gasteiger partial charge in [-0.25, -0.2) is 8.42 Å². The molecule has 0 unspecified atom stereocenters. The van der Waals surface area contributed by atoms with Crippen LogP contribution in [-0.2, 0) is 10.0 Å². The molecule has 28 heavy (non-hydrogen) atoms. The van der Waals surface area contributed by atoms with Gasteiger partial charge in [0.15, 0.2) is 5.82 Å². The molecule has 0 bridgehead atoms. The molecule has 0 aliphatic carbocycles. The van der Waals surface area contributed by atoms with Crippen LogP contribution in [0.4, 0.5) is 5.82 Å². The number of nitrogens with zero attached hydrogens (tertiary/aromatic N) is 5. The van der Waals surface area contributed by atoms with Crippen LogP contribution >= 0.6 is 11.6 Å². The van der Waals surface area contributed by atoms with Gasteiger partial charge in [0.2, 0.25) is 10.0 Å². The Balaban J connectivity index is 1.44. The fraction of sp³-hybridized carbons (Fsp3) is 0.211. The van der Waals surface area contributed by atoms with Crippen molar-refractivity contribution in [1.29, 1.82) is 0 Å². The number of piperazine rings is 1. The van der Waals surface area contributed by atoms with Crippen molar-refractivity contribution in [1.82, 2.24) is 19.5 Å². The minimum Gasteiger partial charge on any atom is -0.352 e. The van der Waals surface area contributed by atoms with Gasteiger partial charge in [-0.3, -0.25) is 4.98 Å². The van der Waals surface area contributed by atoms with Gasteiger partial charge in [-0.05, 0) is 42.5 Å². The summed E-state index contributed by atoms with van der Waals surface area (Å²) in [4.78, 5) is 6.33. The quantitative estimate of drug-likeness (QED) is 0.651.